The molecule has 0 radical (unpaired) electrons. The van der Waals surface area contributed by atoms with Gasteiger partial charge >= 0.3 is 0 Å². The minimum atomic E-state index is -1.36. The van der Waals surface area contributed by atoms with Crippen LogP contribution in [0.4, 0.5) is 13.2 Å². The van der Waals surface area contributed by atoms with E-state index in [0.717, 1.165) is 0 Å². The summed E-state index contributed by atoms with van der Waals surface area (Å²) in [5.74, 6) is -4.82. The van der Waals surface area contributed by atoms with Crippen molar-refractivity contribution in [2.75, 3.05) is 0 Å². The molecule has 0 saturated heterocycles. The van der Waals surface area contributed by atoms with Crippen molar-refractivity contribution < 1.29 is 18.3 Å². The lowest BCUT2D eigenvalue weighted by Gasteiger charge is -2.10. The fraction of sp³-hybridized carbons (Fsp3) is 0.250. The summed E-state index contributed by atoms with van der Waals surface area (Å²) in [5, 5.41) is 9.01. The van der Waals surface area contributed by atoms with Crippen molar-refractivity contribution in [1.29, 1.82) is 0 Å². The molecule has 0 heterocycles. The van der Waals surface area contributed by atoms with Crippen molar-refractivity contribution in [3.8, 4) is 5.75 Å². The fourth-order valence-electron chi connectivity index (χ4n) is 1.02. The molecule has 3 N–H and O–H groups in total. The molecule has 1 atom stereocenters. The molecular weight excluding hydrogens is 183 g/mol. The van der Waals surface area contributed by atoms with E-state index in [9.17, 15) is 13.2 Å². The Morgan fingerprint density at radius 1 is 1.31 bits per heavy atom. The minimum absolute atomic E-state index is 0.274. The molecule has 0 bridgehead atoms. The molecule has 1 rings (SSSR count). The Morgan fingerprint density at radius 3 is 2.31 bits per heavy atom. The lowest BCUT2D eigenvalue weighted by atomic mass is 10.1. The molecule has 0 aliphatic heterocycles. The third-order valence-electron chi connectivity index (χ3n) is 1.64. The number of phenolic OH excluding ortho intramolecular Hbond substituents is 1. The second kappa shape index (κ2) is 3.26. The Balaban J connectivity index is 3.46. The van der Waals surface area contributed by atoms with E-state index >= 15 is 0 Å². The maximum Gasteiger partial charge on any atom is 0.168 e. The summed E-state index contributed by atoms with van der Waals surface area (Å²) in [7, 11) is 0. The van der Waals surface area contributed by atoms with Crippen molar-refractivity contribution in [1.82, 2.24) is 0 Å². The molecule has 0 fully saturated rings. The number of rotatable bonds is 1. The van der Waals surface area contributed by atoms with Gasteiger partial charge in [0.25, 0.3) is 0 Å². The Hall–Kier alpha value is -1.23. The Kier molecular flexibility index (Phi) is 2.47. The molecule has 0 spiro atoms. The summed E-state index contributed by atoms with van der Waals surface area (Å²) >= 11 is 0. The molecule has 1 aromatic carbocycles. The summed E-state index contributed by atoms with van der Waals surface area (Å²) in [6, 6.07) is -0.693. The van der Waals surface area contributed by atoms with Crippen LogP contribution in [0.25, 0.3) is 0 Å². The van der Waals surface area contributed by atoms with Crippen molar-refractivity contribution in [3.05, 3.63) is 29.1 Å². The van der Waals surface area contributed by atoms with Gasteiger partial charge in [-0.25, -0.2) is 13.2 Å². The molecule has 0 amide bonds. The van der Waals surface area contributed by atoms with Crippen LogP contribution in [0, 0.1) is 17.5 Å². The van der Waals surface area contributed by atoms with E-state index in [1.807, 2.05) is 0 Å². The molecule has 0 aromatic heterocycles. The van der Waals surface area contributed by atoms with E-state index in [4.69, 9.17) is 10.8 Å². The van der Waals surface area contributed by atoms with Gasteiger partial charge in [0.05, 0.1) is 5.56 Å². The molecule has 1 aromatic rings. The zero-order valence-corrected chi connectivity index (χ0v) is 6.81. The summed E-state index contributed by atoms with van der Waals surface area (Å²) in [6.07, 6.45) is 0. The average Bonchev–Trinajstić information content (AvgIpc) is 2.01. The van der Waals surface area contributed by atoms with Crippen LogP contribution >= 0.6 is 0 Å². The van der Waals surface area contributed by atoms with Gasteiger partial charge in [-0.1, -0.05) is 0 Å². The molecule has 0 aliphatic carbocycles. The quantitative estimate of drug-likeness (QED) is 0.665. The Morgan fingerprint density at radius 2 is 1.85 bits per heavy atom. The van der Waals surface area contributed by atoms with Crippen molar-refractivity contribution >= 4 is 0 Å². The molecule has 72 valence electrons. The second-order valence-electron chi connectivity index (χ2n) is 2.71. The molecule has 13 heavy (non-hydrogen) atoms. The van der Waals surface area contributed by atoms with Gasteiger partial charge < -0.3 is 10.8 Å². The van der Waals surface area contributed by atoms with Gasteiger partial charge in [0.2, 0.25) is 0 Å². The van der Waals surface area contributed by atoms with E-state index in [-0.39, 0.29) is 6.07 Å². The highest BCUT2D eigenvalue weighted by molar-refractivity contribution is 5.37. The number of hydrogen-bond donors (Lipinski definition) is 2. The summed E-state index contributed by atoms with van der Waals surface area (Å²) in [6.45, 7) is 1.32. The van der Waals surface area contributed by atoms with Crippen LogP contribution in [0.5, 0.6) is 5.75 Å². The van der Waals surface area contributed by atoms with Crippen LogP contribution < -0.4 is 5.73 Å². The molecule has 0 saturated carbocycles. The van der Waals surface area contributed by atoms with Gasteiger partial charge in [0.15, 0.2) is 23.2 Å². The van der Waals surface area contributed by atoms with Crippen LogP contribution in [-0.4, -0.2) is 5.11 Å². The number of halogens is 3. The average molecular weight is 191 g/mol. The van der Waals surface area contributed by atoms with Crippen LogP contribution in [0.2, 0.25) is 0 Å². The van der Waals surface area contributed by atoms with E-state index < -0.39 is 34.8 Å². The van der Waals surface area contributed by atoms with Crippen LogP contribution in [0.1, 0.15) is 18.5 Å². The highest BCUT2D eigenvalue weighted by Gasteiger charge is 2.20. The van der Waals surface area contributed by atoms with Crippen LogP contribution in [-0.2, 0) is 0 Å². The number of phenols is 1. The first-order valence-corrected chi connectivity index (χ1v) is 3.57. The second-order valence-corrected chi connectivity index (χ2v) is 2.71. The first-order valence-electron chi connectivity index (χ1n) is 3.57. The van der Waals surface area contributed by atoms with Gasteiger partial charge in [-0.2, -0.15) is 0 Å². The smallest absolute Gasteiger partial charge is 0.168 e. The largest absolute Gasteiger partial charge is 0.505 e. The number of aromatic hydroxyl groups is 1. The molecular formula is C8H8F3NO. The third-order valence-corrected chi connectivity index (χ3v) is 1.64. The highest BCUT2D eigenvalue weighted by atomic mass is 19.2. The summed E-state index contributed by atoms with van der Waals surface area (Å²) in [4.78, 5) is 0. The topological polar surface area (TPSA) is 46.2 Å². The predicted octanol–water partition coefficient (Wildman–Crippen LogP) is 1.83. The highest BCUT2D eigenvalue weighted by Crippen LogP contribution is 2.29. The first-order chi connectivity index (χ1) is 5.95. The molecule has 5 heteroatoms. The molecule has 0 aliphatic rings. The standard InChI is InChI=1S/C8H8F3NO/c1-3(12)6-7(11)4(9)2-5(10)8(6)13/h2-3,13H,12H2,1H3. The van der Waals surface area contributed by atoms with Gasteiger partial charge in [-0.3, -0.25) is 0 Å². The Bertz CT molecular complexity index is 312. The monoisotopic (exact) mass is 191 g/mol. The predicted molar refractivity (Wildman–Crippen MR) is 40.6 cm³/mol. The van der Waals surface area contributed by atoms with E-state index in [2.05, 4.69) is 0 Å². The van der Waals surface area contributed by atoms with Gasteiger partial charge in [0, 0.05) is 12.1 Å². The number of nitrogens with two attached hydrogens (primary N) is 1. The Labute approximate surface area is 72.8 Å². The number of benzene rings is 1. The van der Waals surface area contributed by atoms with Gasteiger partial charge in [-0.15, -0.1) is 0 Å². The SMILES string of the molecule is CC(N)c1c(O)c(F)cc(F)c1F. The molecule has 1 unspecified atom stereocenters. The summed E-state index contributed by atoms with van der Waals surface area (Å²) in [5.41, 5.74) is 4.68. The third kappa shape index (κ3) is 1.60. The van der Waals surface area contributed by atoms with E-state index in [0.29, 0.717) is 0 Å². The lowest BCUT2D eigenvalue weighted by molar-refractivity contribution is 0.397. The number of hydrogen-bond acceptors (Lipinski definition) is 2. The fourth-order valence-corrected chi connectivity index (χ4v) is 1.02. The van der Waals surface area contributed by atoms with Crippen LogP contribution in [0.15, 0.2) is 6.07 Å². The van der Waals surface area contributed by atoms with Crippen molar-refractivity contribution in [2.45, 2.75) is 13.0 Å². The van der Waals surface area contributed by atoms with Crippen molar-refractivity contribution in [2.24, 2.45) is 5.73 Å². The minimum Gasteiger partial charge on any atom is -0.505 e. The maximum absolute atomic E-state index is 12.9. The zero-order chi connectivity index (χ0) is 10.2. The summed E-state index contributed by atoms with van der Waals surface area (Å²) < 4.78 is 38.2. The lowest BCUT2D eigenvalue weighted by Crippen LogP contribution is -2.10. The zero-order valence-electron chi connectivity index (χ0n) is 6.81. The van der Waals surface area contributed by atoms with E-state index in [1.165, 1.54) is 6.92 Å². The maximum atomic E-state index is 12.9. The normalized spacial score (nSPS) is 13.0. The van der Waals surface area contributed by atoms with E-state index in [1.54, 1.807) is 0 Å². The molecule has 2 nitrogen and oxygen atoms in total. The van der Waals surface area contributed by atoms with Gasteiger partial charge in [-0.05, 0) is 6.92 Å². The van der Waals surface area contributed by atoms with Gasteiger partial charge in [0.1, 0.15) is 0 Å². The van der Waals surface area contributed by atoms with Crippen molar-refractivity contribution in [3.63, 3.8) is 0 Å². The first kappa shape index (κ1) is 9.85. The van der Waals surface area contributed by atoms with Crippen LogP contribution in [0.3, 0.4) is 0 Å².